The summed E-state index contributed by atoms with van der Waals surface area (Å²) >= 11 is 0. The Kier molecular flexibility index (Phi) is 2.45. The van der Waals surface area contributed by atoms with Crippen LogP contribution in [0.5, 0.6) is 5.75 Å². The summed E-state index contributed by atoms with van der Waals surface area (Å²) in [6.45, 7) is 0. The van der Waals surface area contributed by atoms with Crippen LogP contribution in [0.1, 0.15) is 12.8 Å². The SMILES string of the molecule is CNc1ccc(OC2CC2)cc1[N+](=O)[O-]. The molecule has 0 heterocycles. The van der Waals surface area contributed by atoms with Crippen LogP contribution in [0, 0.1) is 10.1 Å². The molecule has 1 aromatic rings. The van der Waals surface area contributed by atoms with E-state index in [1.54, 1.807) is 19.2 Å². The zero-order valence-electron chi connectivity index (χ0n) is 8.40. The largest absolute Gasteiger partial charge is 0.490 e. The monoisotopic (exact) mass is 208 g/mol. The van der Waals surface area contributed by atoms with Crippen LogP contribution in [0.3, 0.4) is 0 Å². The molecule has 0 aliphatic heterocycles. The molecule has 0 saturated heterocycles. The Morgan fingerprint density at radius 1 is 1.53 bits per heavy atom. The molecule has 5 nitrogen and oxygen atoms in total. The van der Waals surface area contributed by atoms with E-state index in [0.29, 0.717) is 11.4 Å². The van der Waals surface area contributed by atoms with Gasteiger partial charge in [0.2, 0.25) is 0 Å². The van der Waals surface area contributed by atoms with Gasteiger partial charge in [-0.1, -0.05) is 0 Å². The Hall–Kier alpha value is -1.78. The topological polar surface area (TPSA) is 64.4 Å². The summed E-state index contributed by atoms with van der Waals surface area (Å²) in [6, 6.07) is 4.87. The van der Waals surface area contributed by atoms with Gasteiger partial charge >= 0.3 is 0 Å². The Morgan fingerprint density at radius 3 is 2.80 bits per heavy atom. The van der Waals surface area contributed by atoms with E-state index in [1.165, 1.54) is 6.07 Å². The van der Waals surface area contributed by atoms with E-state index in [4.69, 9.17) is 4.74 Å². The van der Waals surface area contributed by atoms with Crippen molar-refractivity contribution in [1.82, 2.24) is 0 Å². The third kappa shape index (κ3) is 2.18. The number of hydrogen-bond donors (Lipinski definition) is 1. The van der Waals surface area contributed by atoms with Crippen molar-refractivity contribution in [1.29, 1.82) is 0 Å². The molecule has 1 fully saturated rings. The number of rotatable bonds is 4. The fourth-order valence-electron chi connectivity index (χ4n) is 1.33. The molecule has 80 valence electrons. The van der Waals surface area contributed by atoms with Crippen LogP contribution < -0.4 is 10.1 Å². The lowest BCUT2D eigenvalue weighted by molar-refractivity contribution is -0.384. The van der Waals surface area contributed by atoms with E-state index < -0.39 is 4.92 Å². The van der Waals surface area contributed by atoms with Crippen LogP contribution >= 0.6 is 0 Å². The van der Waals surface area contributed by atoms with Gasteiger partial charge in [0.15, 0.2) is 0 Å². The maximum atomic E-state index is 10.7. The number of nitrogens with zero attached hydrogens (tertiary/aromatic N) is 1. The van der Waals surface area contributed by atoms with Crippen molar-refractivity contribution in [2.24, 2.45) is 0 Å². The molecule has 15 heavy (non-hydrogen) atoms. The van der Waals surface area contributed by atoms with Crippen LogP contribution in [0.15, 0.2) is 18.2 Å². The quantitative estimate of drug-likeness (QED) is 0.608. The van der Waals surface area contributed by atoms with Crippen LogP contribution in [0.25, 0.3) is 0 Å². The molecular weight excluding hydrogens is 196 g/mol. The summed E-state index contributed by atoms with van der Waals surface area (Å²) in [5, 5.41) is 13.5. The summed E-state index contributed by atoms with van der Waals surface area (Å²) in [4.78, 5) is 10.3. The van der Waals surface area contributed by atoms with Gasteiger partial charge in [0.1, 0.15) is 11.4 Å². The highest BCUT2D eigenvalue weighted by atomic mass is 16.6. The normalized spacial score (nSPS) is 14.7. The third-order valence-electron chi connectivity index (χ3n) is 2.26. The number of ether oxygens (including phenoxy) is 1. The van der Waals surface area contributed by atoms with Crippen molar-refractivity contribution in [2.45, 2.75) is 18.9 Å². The number of anilines is 1. The lowest BCUT2D eigenvalue weighted by Crippen LogP contribution is -2.00. The molecule has 1 N–H and O–H groups in total. The predicted octanol–water partition coefficient (Wildman–Crippen LogP) is 2.18. The van der Waals surface area contributed by atoms with Gasteiger partial charge in [-0.25, -0.2) is 0 Å². The Balaban J connectivity index is 2.26. The van der Waals surface area contributed by atoms with Gasteiger partial charge in [0, 0.05) is 7.05 Å². The van der Waals surface area contributed by atoms with Gasteiger partial charge in [-0.05, 0) is 25.0 Å². The van der Waals surface area contributed by atoms with Gasteiger partial charge < -0.3 is 10.1 Å². The zero-order chi connectivity index (χ0) is 10.8. The Morgan fingerprint density at radius 2 is 2.27 bits per heavy atom. The molecule has 2 rings (SSSR count). The van der Waals surface area contributed by atoms with E-state index in [2.05, 4.69) is 5.32 Å². The van der Waals surface area contributed by atoms with Crippen molar-refractivity contribution in [3.05, 3.63) is 28.3 Å². The van der Waals surface area contributed by atoms with E-state index in [9.17, 15) is 10.1 Å². The number of nitro benzene ring substituents is 1. The molecule has 1 saturated carbocycles. The lowest BCUT2D eigenvalue weighted by Gasteiger charge is -2.06. The van der Waals surface area contributed by atoms with Crippen molar-refractivity contribution in [3.8, 4) is 5.75 Å². The Bertz CT molecular complexity index is 388. The number of nitrogens with one attached hydrogen (secondary N) is 1. The van der Waals surface area contributed by atoms with E-state index in [1.807, 2.05) is 0 Å². The van der Waals surface area contributed by atoms with Crippen molar-refractivity contribution in [2.75, 3.05) is 12.4 Å². The van der Waals surface area contributed by atoms with Gasteiger partial charge in [0.25, 0.3) is 5.69 Å². The van der Waals surface area contributed by atoms with Crippen LogP contribution in [0.4, 0.5) is 11.4 Å². The summed E-state index contributed by atoms with van der Waals surface area (Å²) in [7, 11) is 1.66. The van der Waals surface area contributed by atoms with Gasteiger partial charge in [0.05, 0.1) is 17.1 Å². The molecule has 1 aliphatic rings. The first-order chi connectivity index (χ1) is 7.20. The smallest absolute Gasteiger partial charge is 0.296 e. The maximum absolute atomic E-state index is 10.7. The molecule has 0 spiro atoms. The highest BCUT2D eigenvalue weighted by Gasteiger charge is 2.24. The second-order valence-electron chi connectivity index (χ2n) is 3.50. The predicted molar refractivity (Wildman–Crippen MR) is 56.3 cm³/mol. The van der Waals surface area contributed by atoms with Gasteiger partial charge in [-0.15, -0.1) is 0 Å². The third-order valence-corrected chi connectivity index (χ3v) is 2.26. The number of nitro groups is 1. The number of hydrogen-bond acceptors (Lipinski definition) is 4. The summed E-state index contributed by atoms with van der Waals surface area (Å²) in [6.07, 6.45) is 2.34. The van der Waals surface area contributed by atoms with Gasteiger partial charge in [-0.2, -0.15) is 0 Å². The summed E-state index contributed by atoms with van der Waals surface area (Å²) in [5.74, 6) is 0.572. The fraction of sp³-hybridized carbons (Fsp3) is 0.400. The maximum Gasteiger partial charge on any atom is 0.296 e. The molecule has 0 amide bonds. The van der Waals surface area contributed by atoms with Crippen LogP contribution in [-0.2, 0) is 0 Å². The molecule has 1 aromatic carbocycles. The lowest BCUT2D eigenvalue weighted by atomic mass is 10.2. The average Bonchev–Trinajstić information content (AvgIpc) is 3.01. The highest BCUT2D eigenvalue weighted by molar-refractivity contribution is 5.63. The molecular formula is C10H12N2O3. The molecule has 5 heteroatoms. The first-order valence-electron chi connectivity index (χ1n) is 4.83. The zero-order valence-corrected chi connectivity index (χ0v) is 8.40. The first-order valence-corrected chi connectivity index (χ1v) is 4.83. The van der Waals surface area contributed by atoms with Crippen molar-refractivity contribution >= 4 is 11.4 Å². The molecule has 0 bridgehead atoms. The minimum Gasteiger partial charge on any atom is -0.490 e. The average molecular weight is 208 g/mol. The molecule has 0 radical (unpaired) electrons. The van der Waals surface area contributed by atoms with E-state index in [0.717, 1.165) is 12.8 Å². The number of benzene rings is 1. The van der Waals surface area contributed by atoms with E-state index >= 15 is 0 Å². The second kappa shape index (κ2) is 3.76. The van der Waals surface area contributed by atoms with E-state index in [-0.39, 0.29) is 11.8 Å². The molecule has 0 atom stereocenters. The van der Waals surface area contributed by atoms with Crippen LogP contribution in [-0.4, -0.2) is 18.1 Å². The minimum absolute atomic E-state index is 0.0515. The summed E-state index contributed by atoms with van der Waals surface area (Å²) < 4.78 is 5.48. The second-order valence-corrected chi connectivity index (χ2v) is 3.50. The summed E-state index contributed by atoms with van der Waals surface area (Å²) in [5.41, 5.74) is 0.554. The van der Waals surface area contributed by atoms with Crippen molar-refractivity contribution < 1.29 is 9.66 Å². The Labute approximate surface area is 87.2 Å². The minimum atomic E-state index is -0.411. The highest BCUT2D eigenvalue weighted by Crippen LogP contribution is 2.32. The van der Waals surface area contributed by atoms with Gasteiger partial charge in [-0.3, -0.25) is 10.1 Å². The molecule has 1 aliphatic carbocycles. The fourth-order valence-corrected chi connectivity index (χ4v) is 1.33. The first kappa shape index (κ1) is 9.76. The molecule has 0 unspecified atom stereocenters. The standard InChI is InChI=1S/C10H12N2O3/c1-11-9-5-4-8(15-7-2-3-7)6-10(9)12(13)14/h4-7,11H,2-3H2,1H3. The molecule has 0 aromatic heterocycles. The van der Waals surface area contributed by atoms with Crippen LogP contribution in [0.2, 0.25) is 0 Å². The van der Waals surface area contributed by atoms with Crippen molar-refractivity contribution in [3.63, 3.8) is 0 Å².